The maximum absolute atomic E-state index is 11.4. The van der Waals surface area contributed by atoms with E-state index in [9.17, 15) is 14.4 Å². The van der Waals surface area contributed by atoms with E-state index < -0.39 is 42.6 Å². The lowest BCUT2D eigenvalue weighted by Gasteiger charge is -2.43. The molecule has 0 spiro atoms. The van der Waals surface area contributed by atoms with Crippen molar-refractivity contribution in [2.24, 2.45) is 0 Å². The minimum absolute atomic E-state index is 0.349. The van der Waals surface area contributed by atoms with Crippen molar-refractivity contribution in [2.75, 3.05) is 7.11 Å². The van der Waals surface area contributed by atoms with Crippen LogP contribution in [0.1, 0.15) is 27.7 Å². The summed E-state index contributed by atoms with van der Waals surface area (Å²) in [5.74, 6) is -1.43. The fraction of sp³-hybridized carbons (Fsp3) is 0.769. The number of carbonyl (C=O) groups excluding carboxylic acids is 3. The van der Waals surface area contributed by atoms with Gasteiger partial charge in [0.1, 0.15) is 6.04 Å². The fourth-order valence-electron chi connectivity index (χ4n) is 2.28. The predicted octanol–water partition coefficient (Wildman–Crippen LogP) is -0.254. The summed E-state index contributed by atoms with van der Waals surface area (Å²) in [7, 11) is 1.39. The van der Waals surface area contributed by atoms with Crippen LogP contribution in [0.4, 0.5) is 0 Å². The molecule has 1 N–H and O–H groups in total. The molecule has 120 valence electrons. The average molecular weight is 303 g/mol. The zero-order chi connectivity index (χ0) is 16.2. The van der Waals surface area contributed by atoms with Gasteiger partial charge in [-0.25, -0.2) is 0 Å². The summed E-state index contributed by atoms with van der Waals surface area (Å²) < 4.78 is 21.1. The molecule has 0 aromatic carbocycles. The van der Waals surface area contributed by atoms with Gasteiger partial charge in [-0.05, 0) is 6.92 Å². The Morgan fingerprint density at radius 2 is 1.52 bits per heavy atom. The van der Waals surface area contributed by atoms with Crippen molar-refractivity contribution >= 4 is 17.8 Å². The molecule has 1 heterocycles. The van der Waals surface area contributed by atoms with Crippen LogP contribution < -0.4 is 5.32 Å². The first-order valence-electron chi connectivity index (χ1n) is 6.56. The molecule has 21 heavy (non-hydrogen) atoms. The number of hydrogen-bond acceptors (Lipinski definition) is 7. The smallest absolute Gasteiger partial charge is 0.303 e. The summed E-state index contributed by atoms with van der Waals surface area (Å²) >= 11 is 0. The Balaban J connectivity index is 3.08. The Morgan fingerprint density at radius 1 is 1.00 bits per heavy atom. The Bertz CT molecular complexity index is 411. The molecule has 0 unspecified atom stereocenters. The number of ether oxygens (including phenoxy) is 4. The topological polar surface area (TPSA) is 100 Å². The standard InChI is InChI=1S/C13H21NO7/c1-6-11(20-8(3)16)10(14-7(2)15)12(21-9(4)17)13(18-5)19-6/h6,10-13H,1-5H3,(H,14,15)/t6-,10+,11+,12-,13-/m1/s1. The predicted molar refractivity (Wildman–Crippen MR) is 70.1 cm³/mol. The lowest BCUT2D eigenvalue weighted by Crippen LogP contribution is -2.65. The molecule has 8 nitrogen and oxygen atoms in total. The lowest BCUT2D eigenvalue weighted by molar-refractivity contribution is -0.270. The molecule has 0 aliphatic carbocycles. The molecule has 0 aromatic heterocycles. The summed E-state index contributed by atoms with van der Waals surface area (Å²) in [6.45, 7) is 5.48. The van der Waals surface area contributed by atoms with Crippen LogP contribution in [0.5, 0.6) is 0 Å². The molecule has 1 fully saturated rings. The molecule has 0 radical (unpaired) electrons. The largest absolute Gasteiger partial charge is 0.457 e. The van der Waals surface area contributed by atoms with Crippen molar-refractivity contribution in [3.05, 3.63) is 0 Å². The molecule has 1 saturated heterocycles. The SMILES string of the molecule is CO[C@@H]1O[C@H](C)[C@H](OC(C)=O)[C@H](NC(C)=O)[C@H]1OC(C)=O. The van der Waals surface area contributed by atoms with E-state index in [4.69, 9.17) is 18.9 Å². The Hall–Kier alpha value is -1.67. The number of rotatable bonds is 4. The van der Waals surface area contributed by atoms with E-state index in [1.165, 1.54) is 27.9 Å². The normalized spacial score (nSPS) is 32.1. The summed E-state index contributed by atoms with van der Waals surface area (Å²) in [6, 6.07) is -0.760. The van der Waals surface area contributed by atoms with Crippen LogP contribution in [-0.4, -0.2) is 55.6 Å². The van der Waals surface area contributed by atoms with Gasteiger partial charge >= 0.3 is 11.9 Å². The maximum atomic E-state index is 11.4. The maximum Gasteiger partial charge on any atom is 0.303 e. The molecule has 0 saturated carbocycles. The first-order valence-corrected chi connectivity index (χ1v) is 6.56. The van der Waals surface area contributed by atoms with E-state index in [2.05, 4.69) is 5.32 Å². The third kappa shape index (κ3) is 4.68. The molecule has 5 atom stereocenters. The van der Waals surface area contributed by atoms with Crippen LogP contribution in [-0.2, 0) is 33.3 Å². The second-order valence-corrected chi connectivity index (χ2v) is 4.82. The van der Waals surface area contributed by atoms with Crippen molar-refractivity contribution in [3.63, 3.8) is 0 Å². The number of nitrogens with one attached hydrogen (secondary N) is 1. The number of amides is 1. The minimum atomic E-state index is -0.919. The summed E-state index contributed by atoms with van der Waals surface area (Å²) in [4.78, 5) is 33.9. The van der Waals surface area contributed by atoms with E-state index >= 15 is 0 Å². The molecule has 1 aliphatic rings. The molecule has 1 rings (SSSR count). The second-order valence-electron chi connectivity index (χ2n) is 4.82. The van der Waals surface area contributed by atoms with Gasteiger partial charge < -0.3 is 24.3 Å². The van der Waals surface area contributed by atoms with Gasteiger partial charge in [0.15, 0.2) is 18.5 Å². The van der Waals surface area contributed by atoms with E-state index in [0.29, 0.717) is 0 Å². The Labute approximate surface area is 123 Å². The third-order valence-electron chi connectivity index (χ3n) is 2.99. The summed E-state index contributed by atoms with van der Waals surface area (Å²) in [5.41, 5.74) is 0. The molecular formula is C13H21NO7. The molecule has 8 heteroatoms. The minimum Gasteiger partial charge on any atom is -0.457 e. The highest BCUT2D eigenvalue weighted by Crippen LogP contribution is 2.26. The highest BCUT2D eigenvalue weighted by molar-refractivity contribution is 5.74. The number of hydrogen-bond donors (Lipinski definition) is 1. The first-order chi connectivity index (χ1) is 9.76. The first kappa shape index (κ1) is 17.4. The zero-order valence-corrected chi connectivity index (χ0v) is 12.7. The van der Waals surface area contributed by atoms with Gasteiger partial charge in [-0.2, -0.15) is 0 Å². The molecule has 0 bridgehead atoms. The van der Waals surface area contributed by atoms with Gasteiger partial charge in [-0.3, -0.25) is 14.4 Å². The van der Waals surface area contributed by atoms with Crippen molar-refractivity contribution in [1.29, 1.82) is 0 Å². The Kier molecular flexibility index (Phi) is 6.10. The second kappa shape index (κ2) is 7.37. The van der Waals surface area contributed by atoms with E-state index in [0.717, 1.165) is 0 Å². The fourth-order valence-corrected chi connectivity index (χ4v) is 2.28. The molecular weight excluding hydrogens is 282 g/mol. The highest BCUT2D eigenvalue weighted by Gasteiger charge is 2.48. The highest BCUT2D eigenvalue weighted by atomic mass is 16.7. The molecule has 0 aromatic rings. The summed E-state index contributed by atoms with van der Waals surface area (Å²) in [6.07, 6.45) is -3.12. The van der Waals surface area contributed by atoms with Crippen LogP contribution in [0.3, 0.4) is 0 Å². The van der Waals surface area contributed by atoms with Crippen LogP contribution in [0, 0.1) is 0 Å². The Morgan fingerprint density at radius 3 is 1.95 bits per heavy atom. The van der Waals surface area contributed by atoms with Gasteiger partial charge in [0, 0.05) is 27.9 Å². The van der Waals surface area contributed by atoms with Crippen molar-refractivity contribution in [3.8, 4) is 0 Å². The van der Waals surface area contributed by atoms with Gasteiger partial charge in [0.25, 0.3) is 0 Å². The van der Waals surface area contributed by atoms with Crippen LogP contribution in [0.25, 0.3) is 0 Å². The van der Waals surface area contributed by atoms with Gasteiger partial charge in [-0.1, -0.05) is 0 Å². The van der Waals surface area contributed by atoms with Gasteiger partial charge in [0.05, 0.1) is 6.10 Å². The number of methoxy groups -OCH3 is 1. The van der Waals surface area contributed by atoms with Crippen molar-refractivity contribution in [1.82, 2.24) is 5.32 Å². The third-order valence-corrected chi connectivity index (χ3v) is 2.99. The van der Waals surface area contributed by atoms with E-state index in [1.54, 1.807) is 6.92 Å². The monoisotopic (exact) mass is 303 g/mol. The zero-order valence-electron chi connectivity index (χ0n) is 12.7. The quantitative estimate of drug-likeness (QED) is 0.714. The average Bonchev–Trinajstić information content (AvgIpc) is 2.35. The van der Waals surface area contributed by atoms with E-state index in [1.807, 2.05) is 0 Å². The molecule has 1 aliphatic heterocycles. The van der Waals surface area contributed by atoms with E-state index in [-0.39, 0.29) is 5.91 Å². The van der Waals surface area contributed by atoms with Crippen molar-refractivity contribution in [2.45, 2.75) is 58.3 Å². The van der Waals surface area contributed by atoms with Crippen molar-refractivity contribution < 1.29 is 33.3 Å². The van der Waals surface area contributed by atoms with Gasteiger partial charge in [0.2, 0.25) is 5.91 Å². The lowest BCUT2D eigenvalue weighted by atomic mass is 9.96. The number of esters is 2. The molecule has 1 amide bonds. The van der Waals surface area contributed by atoms with Crippen LogP contribution in [0.2, 0.25) is 0 Å². The van der Waals surface area contributed by atoms with Gasteiger partial charge in [-0.15, -0.1) is 0 Å². The van der Waals surface area contributed by atoms with Crippen LogP contribution in [0.15, 0.2) is 0 Å². The van der Waals surface area contributed by atoms with Crippen LogP contribution >= 0.6 is 0 Å². The summed E-state index contributed by atoms with van der Waals surface area (Å²) in [5, 5.41) is 2.63. The number of carbonyl (C=O) groups is 3.